The number of rotatable bonds is 4. The molecule has 4 aromatic rings. The number of fused-ring (bicyclic) bond motifs is 6. The first-order valence-electron chi connectivity index (χ1n) is 13.2. The Morgan fingerprint density at radius 2 is 1.33 bits per heavy atom. The molecule has 1 saturated heterocycles. The van der Waals surface area contributed by atoms with Gasteiger partial charge in [0.25, 0.3) is 0 Å². The zero-order chi connectivity index (χ0) is 26.7. The average Bonchev–Trinajstić information content (AvgIpc) is 3.45. The molecule has 1 amide bonds. The molecule has 3 aliphatic rings. The Balaban J connectivity index is 1.57. The number of Topliss-reactive ketones (excluding diaryl/α,β-unsaturated/α-hetero) is 2. The number of amides is 1. The number of hydrogen-bond donors (Lipinski definition) is 1. The summed E-state index contributed by atoms with van der Waals surface area (Å²) in [6, 6.07) is 32.2. The van der Waals surface area contributed by atoms with Crippen LogP contribution in [0.1, 0.15) is 38.8 Å². The van der Waals surface area contributed by atoms with Crippen LogP contribution < -0.4 is 10.2 Å². The molecule has 4 aromatic carbocycles. The van der Waals surface area contributed by atoms with E-state index in [1.807, 2.05) is 96.8 Å². The molecule has 5 heteroatoms. The molecule has 1 fully saturated rings. The summed E-state index contributed by atoms with van der Waals surface area (Å²) < 4.78 is 0. The Morgan fingerprint density at radius 1 is 0.744 bits per heavy atom. The van der Waals surface area contributed by atoms with E-state index in [1.54, 1.807) is 24.3 Å². The molecule has 7 rings (SSSR count). The molecule has 5 nitrogen and oxygen atoms in total. The molecule has 1 N–H and O–H groups in total. The summed E-state index contributed by atoms with van der Waals surface area (Å²) in [6.45, 7) is 2.03. The predicted octanol–water partition coefficient (Wildman–Crippen LogP) is 5.93. The lowest BCUT2D eigenvalue weighted by molar-refractivity contribution is -0.121. The number of para-hydroxylation sites is 2. The van der Waals surface area contributed by atoms with Crippen molar-refractivity contribution in [2.45, 2.75) is 24.4 Å². The molecule has 1 spiro atoms. The van der Waals surface area contributed by atoms with Gasteiger partial charge in [-0.3, -0.25) is 14.4 Å². The first kappa shape index (κ1) is 23.4. The minimum Gasteiger partial charge on any atom is -0.352 e. The van der Waals surface area contributed by atoms with E-state index in [0.717, 1.165) is 22.4 Å². The SMILES string of the molecule is CC1=CC2N(c3ccccc31)C(C(=O)c1ccccc1)C(C(=O)c1ccccc1)C21C(=O)Nc2ccccc21. The first-order chi connectivity index (χ1) is 19.0. The van der Waals surface area contributed by atoms with Gasteiger partial charge < -0.3 is 10.2 Å². The zero-order valence-electron chi connectivity index (χ0n) is 21.4. The van der Waals surface area contributed by atoms with E-state index < -0.39 is 23.4 Å². The Kier molecular flexibility index (Phi) is 5.17. The number of benzene rings is 4. The van der Waals surface area contributed by atoms with Gasteiger partial charge in [-0.25, -0.2) is 0 Å². The summed E-state index contributed by atoms with van der Waals surface area (Å²) in [7, 11) is 0. The van der Waals surface area contributed by atoms with E-state index in [1.165, 1.54) is 0 Å². The van der Waals surface area contributed by atoms with Crippen LogP contribution in [0.25, 0.3) is 5.57 Å². The molecule has 4 atom stereocenters. The first-order valence-corrected chi connectivity index (χ1v) is 13.2. The number of hydrogen-bond acceptors (Lipinski definition) is 4. The third-order valence-corrected chi connectivity index (χ3v) is 8.55. The minimum atomic E-state index is -1.30. The summed E-state index contributed by atoms with van der Waals surface area (Å²) in [5, 5.41) is 3.08. The Morgan fingerprint density at radius 3 is 2.05 bits per heavy atom. The van der Waals surface area contributed by atoms with Crippen molar-refractivity contribution in [1.29, 1.82) is 0 Å². The van der Waals surface area contributed by atoms with Gasteiger partial charge in [0, 0.05) is 28.1 Å². The third kappa shape index (κ3) is 3.16. The van der Waals surface area contributed by atoms with Crippen molar-refractivity contribution in [3.05, 3.63) is 138 Å². The van der Waals surface area contributed by atoms with Crippen LogP contribution in [-0.4, -0.2) is 29.6 Å². The second-order valence-electron chi connectivity index (χ2n) is 10.5. The molecular weight excluding hydrogens is 484 g/mol. The van der Waals surface area contributed by atoms with Crippen molar-refractivity contribution in [2.75, 3.05) is 10.2 Å². The number of carbonyl (C=O) groups excluding carboxylic acids is 3. The smallest absolute Gasteiger partial charge is 0.238 e. The second kappa shape index (κ2) is 8.63. The Labute approximate surface area is 226 Å². The summed E-state index contributed by atoms with van der Waals surface area (Å²) in [4.78, 5) is 45.6. The number of nitrogens with one attached hydrogen (secondary N) is 1. The van der Waals surface area contributed by atoms with Gasteiger partial charge in [0.05, 0.1) is 12.0 Å². The minimum absolute atomic E-state index is 0.174. The fraction of sp³-hybridized carbons (Fsp3) is 0.147. The maximum atomic E-state index is 14.7. The van der Waals surface area contributed by atoms with Crippen LogP contribution in [0.2, 0.25) is 0 Å². The predicted molar refractivity (Wildman–Crippen MR) is 152 cm³/mol. The van der Waals surface area contributed by atoms with E-state index in [0.29, 0.717) is 16.8 Å². The van der Waals surface area contributed by atoms with E-state index in [-0.39, 0.29) is 17.5 Å². The summed E-state index contributed by atoms with van der Waals surface area (Å²) in [5.74, 6) is -1.60. The van der Waals surface area contributed by atoms with Crippen molar-refractivity contribution in [3.8, 4) is 0 Å². The largest absolute Gasteiger partial charge is 0.352 e. The van der Waals surface area contributed by atoms with Crippen molar-refractivity contribution < 1.29 is 14.4 Å². The number of carbonyl (C=O) groups is 3. The molecule has 3 aliphatic heterocycles. The highest BCUT2D eigenvalue weighted by Crippen LogP contribution is 2.58. The van der Waals surface area contributed by atoms with Crippen LogP contribution in [-0.2, 0) is 10.2 Å². The molecule has 0 aliphatic carbocycles. The molecular formula is C34H26N2O3. The highest BCUT2D eigenvalue weighted by Gasteiger charge is 2.70. The second-order valence-corrected chi connectivity index (χ2v) is 10.5. The molecule has 0 bridgehead atoms. The number of nitrogens with zero attached hydrogens (tertiary/aromatic N) is 1. The fourth-order valence-electron chi connectivity index (χ4n) is 6.94. The fourth-order valence-corrected chi connectivity index (χ4v) is 6.94. The van der Waals surface area contributed by atoms with Gasteiger partial charge >= 0.3 is 0 Å². The lowest BCUT2D eigenvalue weighted by atomic mass is 9.64. The van der Waals surface area contributed by atoms with Gasteiger partial charge in [-0.15, -0.1) is 0 Å². The normalized spacial score (nSPS) is 24.4. The van der Waals surface area contributed by atoms with Gasteiger partial charge in [-0.1, -0.05) is 103 Å². The Bertz CT molecular complexity index is 1680. The van der Waals surface area contributed by atoms with E-state index in [9.17, 15) is 14.4 Å². The molecule has 0 saturated carbocycles. The lowest BCUT2D eigenvalue weighted by Gasteiger charge is -2.39. The van der Waals surface area contributed by atoms with Gasteiger partial charge in [0.1, 0.15) is 11.5 Å². The van der Waals surface area contributed by atoms with Crippen LogP contribution in [0.5, 0.6) is 0 Å². The van der Waals surface area contributed by atoms with Crippen molar-refractivity contribution in [3.63, 3.8) is 0 Å². The molecule has 190 valence electrons. The van der Waals surface area contributed by atoms with Crippen LogP contribution in [0.3, 0.4) is 0 Å². The molecule has 3 heterocycles. The molecule has 39 heavy (non-hydrogen) atoms. The number of allylic oxidation sites excluding steroid dienone is 1. The van der Waals surface area contributed by atoms with Crippen molar-refractivity contribution >= 4 is 34.4 Å². The number of anilines is 2. The van der Waals surface area contributed by atoms with E-state index in [2.05, 4.69) is 11.4 Å². The maximum Gasteiger partial charge on any atom is 0.238 e. The monoisotopic (exact) mass is 510 g/mol. The van der Waals surface area contributed by atoms with Gasteiger partial charge in [0.15, 0.2) is 11.6 Å². The zero-order valence-corrected chi connectivity index (χ0v) is 21.4. The molecule has 4 unspecified atom stereocenters. The van der Waals surface area contributed by atoms with Crippen LogP contribution in [0.15, 0.2) is 115 Å². The molecule has 0 radical (unpaired) electrons. The summed E-state index contributed by atoms with van der Waals surface area (Å²) in [6.07, 6.45) is 2.08. The maximum absolute atomic E-state index is 14.7. The standard InChI is InChI=1S/C34H26N2O3/c1-21-20-28-34(25-17-9-10-18-26(25)35-33(34)39)29(31(37)22-12-4-2-5-13-22)30(32(38)23-14-6-3-7-15-23)36(28)27-19-11-8-16-24(21)27/h2-20,28-30H,1H3,(H,35,39). The van der Waals surface area contributed by atoms with Crippen molar-refractivity contribution in [1.82, 2.24) is 0 Å². The van der Waals surface area contributed by atoms with Crippen LogP contribution in [0.4, 0.5) is 11.4 Å². The summed E-state index contributed by atoms with van der Waals surface area (Å²) in [5.41, 5.74) is 4.01. The quantitative estimate of drug-likeness (QED) is 0.346. The highest BCUT2D eigenvalue weighted by molar-refractivity contribution is 6.18. The topological polar surface area (TPSA) is 66.5 Å². The van der Waals surface area contributed by atoms with Gasteiger partial charge in [-0.05, 0) is 30.2 Å². The van der Waals surface area contributed by atoms with E-state index >= 15 is 0 Å². The molecule has 0 aromatic heterocycles. The van der Waals surface area contributed by atoms with Crippen LogP contribution >= 0.6 is 0 Å². The van der Waals surface area contributed by atoms with E-state index in [4.69, 9.17) is 0 Å². The number of ketones is 2. The van der Waals surface area contributed by atoms with Gasteiger partial charge in [-0.2, -0.15) is 0 Å². The highest BCUT2D eigenvalue weighted by atomic mass is 16.2. The third-order valence-electron chi connectivity index (χ3n) is 8.55. The lowest BCUT2D eigenvalue weighted by Crippen LogP contribution is -2.51. The van der Waals surface area contributed by atoms with Crippen molar-refractivity contribution in [2.24, 2.45) is 5.92 Å². The van der Waals surface area contributed by atoms with Crippen LogP contribution in [0, 0.1) is 5.92 Å². The Hall–Kier alpha value is -4.77. The summed E-state index contributed by atoms with van der Waals surface area (Å²) >= 11 is 0. The van der Waals surface area contributed by atoms with Gasteiger partial charge in [0.2, 0.25) is 5.91 Å². The average molecular weight is 511 g/mol.